The number of anilines is 1. The molecule has 2 aromatic rings. The van der Waals surface area contributed by atoms with Crippen LogP contribution in [-0.2, 0) is 17.6 Å². The summed E-state index contributed by atoms with van der Waals surface area (Å²) in [7, 11) is 0. The number of hydrogen-bond acceptors (Lipinski definition) is 6. The van der Waals surface area contributed by atoms with Crippen molar-refractivity contribution in [1.82, 2.24) is 15.3 Å². The first-order valence-electron chi connectivity index (χ1n) is 7.77. The maximum absolute atomic E-state index is 11.5. The van der Waals surface area contributed by atoms with Gasteiger partial charge in [-0.2, -0.15) is 0 Å². The zero-order valence-corrected chi connectivity index (χ0v) is 13.2. The molecule has 1 aliphatic heterocycles. The van der Waals surface area contributed by atoms with Gasteiger partial charge in [0.2, 0.25) is 5.91 Å². The van der Waals surface area contributed by atoms with Crippen LogP contribution in [0.5, 0.6) is 0 Å². The Morgan fingerprint density at radius 3 is 3.09 bits per heavy atom. The summed E-state index contributed by atoms with van der Waals surface area (Å²) >= 11 is 1.80. The fourth-order valence-corrected chi connectivity index (χ4v) is 4.67. The van der Waals surface area contributed by atoms with Gasteiger partial charge in [-0.15, -0.1) is 11.3 Å². The summed E-state index contributed by atoms with van der Waals surface area (Å²) in [4.78, 5) is 25.2. The van der Waals surface area contributed by atoms with Gasteiger partial charge in [-0.1, -0.05) is 0 Å². The lowest BCUT2D eigenvalue weighted by atomic mass is 9.97. The topological polar surface area (TPSA) is 84.1 Å². The van der Waals surface area contributed by atoms with Crippen molar-refractivity contribution in [2.75, 3.05) is 24.5 Å². The standard InChI is InChI=1S/C15H19N5OS/c16-13(21)10-7-20(6-5-17-10)14-12-9-3-1-2-4-11(9)22-15(12)19-8-18-14/h8,10,17H,1-7H2,(H2,16,21)/t10-/m1/s1. The first-order chi connectivity index (χ1) is 10.7. The second-order valence-corrected chi connectivity index (χ2v) is 7.03. The number of fused-ring (bicyclic) bond motifs is 3. The van der Waals surface area contributed by atoms with Gasteiger partial charge in [0.25, 0.3) is 0 Å². The van der Waals surface area contributed by atoms with E-state index in [1.54, 1.807) is 17.7 Å². The minimum absolute atomic E-state index is 0.303. The van der Waals surface area contributed by atoms with Crippen LogP contribution in [0.1, 0.15) is 23.3 Å². The minimum atomic E-state index is -0.312. The molecule has 7 heteroatoms. The van der Waals surface area contributed by atoms with Crippen LogP contribution < -0.4 is 16.0 Å². The molecule has 1 saturated heterocycles. The Morgan fingerprint density at radius 1 is 1.36 bits per heavy atom. The molecule has 0 spiro atoms. The Labute approximate surface area is 132 Å². The van der Waals surface area contributed by atoms with Gasteiger partial charge in [0.15, 0.2) is 0 Å². The van der Waals surface area contributed by atoms with E-state index in [0.29, 0.717) is 6.54 Å². The van der Waals surface area contributed by atoms with E-state index >= 15 is 0 Å². The molecule has 0 saturated carbocycles. The molecule has 2 aromatic heterocycles. The van der Waals surface area contributed by atoms with E-state index in [1.165, 1.54) is 28.7 Å². The fraction of sp³-hybridized carbons (Fsp3) is 0.533. The van der Waals surface area contributed by atoms with Gasteiger partial charge in [-0.3, -0.25) is 4.79 Å². The second kappa shape index (κ2) is 5.48. The lowest BCUT2D eigenvalue weighted by molar-refractivity contribution is -0.120. The van der Waals surface area contributed by atoms with E-state index in [9.17, 15) is 4.79 Å². The SMILES string of the molecule is NC(=O)[C@H]1CN(c2ncnc3sc4c(c23)CCCC4)CCN1. The van der Waals surface area contributed by atoms with Gasteiger partial charge >= 0.3 is 0 Å². The van der Waals surface area contributed by atoms with Crippen LogP contribution in [0.2, 0.25) is 0 Å². The second-order valence-electron chi connectivity index (χ2n) is 5.94. The number of hydrogen-bond donors (Lipinski definition) is 2. The number of primary amides is 1. The van der Waals surface area contributed by atoms with Gasteiger partial charge in [0, 0.05) is 24.5 Å². The van der Waals surface area contributed by atoms with Crippen LogP contribution in [-0.4, -0.2) is 41.6 Å². The van der Waals surface area contributed by atoms with Gasteiger partial charge < -0.3 is 16.0 Å². The first-order valence-corrected chi connectivity index (χ1v) is 8.58. The highest BCUT2D eigenvalue weighted by Crippen LogP contribution is 2.39. The van der Waals surface area contributed by atoms with Gasteiger partial charge in [0.05, 0.1) is 5.39 Å². The average Bonchev–Trinajstić information content (AvgIpc) is 2.93. The molecule has 0 unspecified atom stereocenters. The highest BCUT2D eigenvalue weighted by Gasteiger charge is 2.27. The molecular formula is C15H19N5OS. The number of aromatic nitrogens is 2. The number of nitrogens with zero attached hydrogens (tertiary/aromatic N) is 3. The molecule has 1 aliphatic carbocycles. The largest absolute Gasteiger partial charge is 0.368 e. The summed E-state index contributed by atoms with van der Waals surface area (Å²) in [6.45, 7) is 2.15. The molecule has 3 N–H and O–H groups in total. The molecule has 6 nitrogen and oxygen atoms in total. The summed E-state index contributed by atoms with van der Waals surface area (Å²) in [5.74, 6) is 0.666. The van der Waals surface area contributed by atoms with Crippen molar-refractivity contribution >= 4 is 33.3 Å². The molecule has 22 heavy (non-hydrogen) atoms. The van der Waals surface area contributed by atoms with E-state index in [0.717, 1.165) is 36.6 Å². The molecule has 1 amide bonds. The molecule has 116 valence electrons. The summed E-state index contributed by atoms with van der Waals surface area (Å²) in [5.41, 5.74) is 6.88. The number of carbonyl (C=O) groups is 1. The predicted octanol–water partition coefficient (Wildman–Crippen LogP) is 0.834. The van der Waals surface area contributed by atoms with E-state index in [-0.39, 0.29) is 11.9 Å². The molecule has 1 fully saturated rings. The Hall–Kier alpha value is -1.73. The molecule has 2 aliphatic rings. The van der Waals surface area contributed by atoms with E-state index in [4.69, 9.17) is 5.73 Å². The minimum Gasteiger partial charge on any atom is -0.368 e. The Morgan fingerprint density at radius 2 is 2.23 bits per heavy atom. The smallest absolute Gasteiger partial charge is 0.236 e. The number of rotatable bonds is 2. The van der Waals surface area contributed by atoms with Crippen LogP contribution in [0, 0.1) is 0 Å². The summed E-state index contributed by atoms with van der Waals surface area (Å²) in [6.07, 6.45) is 6.40. The molecule has 4 rings (SSSR count). The van der Waals surface area contributed by atoms with Gasteiger partial charge in [-0.05, 0) is 31.2 Å². The number of nitrogens with two attached hydrogens (primary N) is 1. The van der Waals surface area contributed by atoms with Crippen LogP contribution in [0.4, 0.5) is 5.82 Å². The highest BCUT2D eigenvalue weighted by molar-refractivity contribution is 7.19. The molecule has 0 radical (unpaired) electrons. The van der Waals surface area contributed by atoms with E-state index in [2.05, 4.69) is 20.2 Å². The zero-order chi connectivity index (χ0) is 15.1. The normalized spacial score (nSPS) is 21.8. The van der Waals surface area contributed by atoms with Crippen LogP contribution in [0.25, 0.3) is 10.2 Å². The van der Waals surface area contributed by atoms with Crippen molar-refractivity contribution in [2.24, 2.45) is 5.73 Å². The van der Waals surface area contributed by atoms with Crippen molar-refractivity contribution in [2.45, 2.75) is 31.7 Å². The number of carbonyl (C=O) groups excluding carboxylic acids is 1. The van der Waals surface area contributed by atoms with Crippen LogP contribution >= 0.6 is 11.3 Å². The van der Waals surface area contributed by atoms with Crippen molar-refractivity contribution in [3.63, 3.8) is 0 Å². The lowest BCUT2D eigenvalue weighted by Crippen LogP contribution is -2.56. The van der Waals surface area contributed by atoms with Gasteiger partial charge in [-0.25, -0.2) is 9.97 Å². The number of aryl methyl sites for hydroxylation is 2. The predicted molar refractivity (Wildman–Crippen MR) is 87.3 cm³/mol. The number of thiophene rings is 1. The third kappa shape index (κ3) is 2.24. The lowest BCUT2D eigenvalue weighted by Gasteiger charge is -2.33. The molecular weight excluding hydrogens is 298 g/mol. The maximum atomic E-state index is 11.5. The molecule has 0 aromatic carbocycles. The Balaban J connectivity index is 1.78. The van der Waals surface area contributed by atoms with Crippen molar-refractivity contribution < 1.29 is 4.79 Å². The fourth-order valence-electron chi connectivity index (χ4n) is 3.45. The number of piperazine rings is 1. The molecule has 1 atom stereocenters. The monoisotopic (exact) mass is 317 g/mol. The first kappa shape index (κ1) is 13.9. The van der Waals surface area contributed by atoms with Crippen LogP contribution in [0.15, 0.2) is 6.33 Å². The summed E-state index contributed by atoms with van der Waals surface area (Å²) in [6, 6.07) is -0.312. The summed E-state index contributed by atoms with van der Waals surface area (Å²) < 4.78 is 0. The van der Waals surface area contributed by atoms with Crippen molar-refractivity contribution in [3.05, 3.63) is 16.8 Å². The summed E-state index contributed by atoms with van der Waals surface area (Å²) in [5, 5.41) is 4.37. The van der Waals surface area contributed by atoms with E-state index in [1.807, 2.05) is 0 Å². The maximum Gasteiger partial charge on any atom is 0.236 e. The molecule has 0 bridgehead atoms. The zero-order valence-electron chi connectivity index (χ0n) is 12.3. The van der Waals surface area contributed by atoms with E-state index < -0.39 is 0 Å². The van der Waals surface area contributed by atoms with Crippen LogP contribution in [0.3, 0.4) is 0 Å². The number of amides is 1. The Kier molecular flexibility index (Phi) is 3.46. The third-order valence-corrected chi connectivity index (χ3v) is 5.75. The third-order valence-electron chi connectivity index (χ3n) is 4.55. The number of nitrogens with one attached hydrogen (secondary N) is 1. The highest BCUT2D eigenvalue weighted by atomic mass is 32.1. The van der Waals surface area contributed by atoms with Crippen molar-refractivity contribution in [3.8, 4) is 0 Å². The van der Waals surface area contributed by atoms with Crippen molar-refractivity contribution in [1.29, 1.82) is 0 Å². The van der Waals surface area contributed by atoms with Gasteiger partial charge in [0.1, 0.15) is 23.0 Å². The molecule has 3 heterocycles. The quantitative estimate of drug-likeness (QED) is 0.857. The Bertz CT molecular complexity index is 728. The average molecular weight is 317 g/mol.